The number of halogens is 1. The van der Waals surface area contributed by atoms with Gasteiger partial charge in [-0.2, -0.15) is 0 Å². The van der Waals surface area contributed by atoms with Crippen LogP contribution in [0.5, 0.6) is 0 Å². The van der Waals surface area contributed by atoms with Gasteiger partial charge in [-0.3, -0.25) is 0 Å². The van der Waals surface area contributed by atoms with Crippen LogP contribution in [0.1, 0.15) is 18.3 Å². The summed E-state index contributed by atoms with van der Waals surface area (Å²) in [6, 6.07) is 4.52. The van der Waals surface area contributed by atoms with Gasteiger partial charge in [-0.15, -0.1) is 0 Å². The molecule has 94 valence electrons. The largest absolute Gasteiger partial charge is 0.409 e. The third kappa shape index (κ3) is 1.92. The molecular formula is C12H13FN4O. The highest BCUT2D eigenvalue weighted by atomic mass is 19.1. The van der Waals surface area contributed by atoms with Crippen molar-refractivity contribution in [2.75, 3.05) is 0 Å². The van der Waals surface area contributed by atoms with Gasteiger partial charge in [0, 0.05) is 18.8 Å². The molecule has 0 radical (unpaired) electrons. The zero-order valence-corrected chi connectivity index (χ0v) is 9.84. The van der Waals surface area contributed by atoms with Crippen molar-refractivity contribution in [2.24, 2.45) is 10.9 Å². The van der Waals surface area contributed by atoms with Crippen LogP contribution in [0.25, 0.3) is 5.69 Å². The first-order chi connectivity index (χ1) is 8.69. The van der Waals surface area contributed by atoms with E-state index in [0.29, 0.717) is 12.1 Å². The van der Waals surface area contributed by atoms with Gasteiger partial charge in [-0.25, -0.2) is 9.37 Å². The van der Waals surface area contributed by atoms with Gasteiger partial charge in [-0.1, -0.05) is 18.1 Å². The van der Waals surface area contributed by atoms with E-state index >= 15 is 0 Å². The second kappa shape index (κ2) is 4.87. The molecule has 6 heteroatoms. The van der Waals surface area contributed by atoms with E-state index in [1.165, 1.54) is 6.07 Å². The summed E-state index contributed by atoms with van der Waals surface area (Å²) in [5, 5.41) is 11.6. The Bertz CT molecular complexity index is 592. The van der Waals surface area contributed by atoms with Crippen LogP contribution in [0.3, 0.4) is 0 Å². The topological polar surface area (TPSA) is 76.4 Å². The van der Waals surface area contributed by atoms with Crippen LogP contribution in [0, 0.1) is 5.82 Å². The summed E-state index contributed by atoms with van der Waals surface area (Å²) < 4.78 is 15.5. The number of hydrogen-bond acceptors (Lipinski definition) is 3. The van der Waals surface area contributed by atoms with Crippen molar-refractivity contribution in [2.45, 2.75) is 13.3 Å². The molecule has 0 unspecified atom stereocenters. The minimum absolute atomic E-state index is 0.0627. The monoisotopic (exact) mass is 248 g/mol. The van der Waals surface area contributed by atoms with E-state index < -0.39 is 5.82 Å². The lowest BCUT2D eigenvalue weighted by molar-refractivity contribution is 0.318. The average Bonchev–Trinajstić information content (AvgIpc) is 2.85. The Morgan fingerprint density at radius 2 is 2.33 bits per heavy atom. The maximum atomic E-state index is 13.8. The highest BCUT2D eigenvalue weighted by Gasteiger charge is 2.15. The molecular weight excluding hydrogens is 235 g/mol. The van der Waals surface area contributed by atoms with Gasteiger partial charge in [-0.05, 0) is 12.1 Å². The minimum atomic E-state index is -0.543. The number of imidazole rings is 1. The van der Waals surface area contributed by atoms with E-state index in [0.717, 1.165) is 5.82 Å². The summed E-state index contributed by atoms with van der Waals surface area (Å²) in [7, 11) is 0. The van der Waals surface area contributed by atoms with Gasteiger partial charge in [0.1, 0.15) is 11.6 Å². The molecule has 0 saturated heterocycles. The number of hydrogen-bond donors (Lipinski definition) is 2. The third-order valence-electron chi connectivity index (χ3n) is 2.65. The van der Waals surface area contributed by atoms with E-state index in [-0.39, 0.29) is 11.4 Å². The molecule has 18 heavy (non-hydrogen) atoms. The van der Waals surface area contributed by atoms with Crippen molar-refractivity contribution in [3.05, 3.63) is 47.8 Å². The number of amidine groups is 1. The molecule has 0 fully saturated rings. The van der Waals surface area contributed by atoms with Gasteiger partial charge in [0.15, 0.2) is 5.84 Å². The Hall–Kier alpha value is -2.37. The smallest absolute Gasteiger partial charge is 0.175 e. The number of nitrogens with two attached hydrogens (primary N) is 1. The Morgan fingerprint density at radius 1 is 1.56 bits per heavy atom. The van der Waals surface area contributed by atoms with Gasteiger partial charge in [0.2, 0.25) is 0 Å². The third-order valence-corrected chi connectivity index (χ3v) is 2.65. The fourth-order valence-electron chi connectivity index (χ4n) is 1.83. The second-order valence-electron chi connectivity index (χ2n) is 3.69. The van der Waals surface area contributed by atoms with Gasteiger partial charge >= 0.3 is 0 Å². The number of benzene rings is 1. The van der Waals surface area contributed by atoms with Crippen molar-refractivity contribution in [1.82, 2.24) is 9.55 Å². The van der Waals surface area contributed by atoms with Crippen LogP contribution in [-0.4, -0.2) is 20.6 Å². The van der Waals surface area contributed by atoms with E-state index in [9.17, 15) is 4.39 Å². The van der Waals surface area contributed by atoms with Crippen molar-refractivity contribution in [3.8, 4) is 5.69 Å². The summed E-state index contributed by atoms with van der Waals surface area (Å²) in [5.74, 6) is -0.0370. The molecule has 0 aliphatic carbocycles. The lowest BCUT2D eigenvalue weighted by Crippen LogP contribution is -2.18. The zero-order valence-electron chi connectivity index (χ0n) is 9.84. The molecule has 5 nitrogen and oxygen atoms in total. The fraction of sp³-hybridized carbons (Fsp3) is 0.167. The molecule has 2 rings (SSSR count). The van der Waals surface area contributed by atoms with Gasteiger partial charge in [0.05, 0.1) is 11.3 Å². The Morgan fingerprint density at radius 3 is 3.00 bits per heavy atom. The van der Waals surface area contributed by atoms with Crippen molar-refractivity contribution >= 4 is 5.84 Å². The molecule has 3 N–H and O–H groups in total. The first-order valence-corrected chi connectivity index (χ1v) is 5.48. The minimum Gasteiger partial charge on any atom is -0.409 e. The average molecular weight is 248 g/mol. The standard InChI is InChI=1S/C12H13FN4O/c1-2-10-15-6-7-17(10)9-5-3-4-8(13)11(9)12(14)16-18/h3-7,18H,2H2,1H3,(H2,14,16). The highest BCUT2D eigenvalue weighted by molar-refractivity contribution is 6.00. The van der Waals surface area contributed by atoms with E-state index in [1.807, 2.05) is 6.92 Å². The summed E-state index contributed by atoms with van der Waals surface area (Å²) in [6.45, 7) is 1.95. The Balaban J connectivity index is 2.68. The molecule has 0 bridgehead atoms. The summed E-state index contributed by atoms with van der Waals surface area (Å²) in [5.41, 5.74) is 6.08. The summed E-state index contributed by atoms with van der Waals surface area (Å²) >= 11 is 0. The van der Waals surface area contributed by atoms with Crippen molar-refractivity contribution < 1.29 is 9.60 Å². The predicted molar refractivity (Wildman–Crippen MR) is 65.4 cm³/mol. The van der Waals surface area contributed by atoms with Crippen LogP contribution >= 0.6 is 0 Å². The van der Waals surface area contributed by atoms with Gasteiger partial charge in [0.25, 0.3) is 0 Å². The zero-order chi connectivity index (χ0) is 13.1. The normalized spacial score (nSPS) is 11.8. The van der Waals surface area contributed by atoms with Crippen LogP contribution in [0.4, 0.5) is 4.39 Å². The summed E-state index contributed by atoms with van der Waals surface area (Å²) in [4.78, 5) is 4.16. The quantitative estimate of drug-likeness (QED) is 0.375. The fourth-order valence-corrected chi connectivity index (χ4v) is 1.83. The van der Waals surface area contributed by atoms with E-state index in [1.54, 1.807) is 29.1 Å². The molecule has 1 heterocycles. The van der Waals surface area contributed by atoms with Crippen molar-refractivity contribution in [3.63, 3.8) is 0 Å². The summed E-state index contributed by atoms with van der Waals surface area (Å²) in [6.07, 6.45) is 4.03. The van der Waals surface area contributed by atoms with Crippen LogP contribution in [-0.2, 0) is 6.42 Å². The van der Waals surface area contributed by atoms with Crippen molar-refractivity contribution in [1.29, 1.82) is 0 Å². The highest BCUT2D eigenvalue weighted by Crippen LogP contribution is 2.19. The number of aromatic nitrogens is 2. The molecule has 0 amide bonds. The molecule has 1 aromatic carbocycles. The van der Waals surface area contributed by atoms with Crippen LogP contribution < -0.4 is 5.73 Å². The maximum absolute atomic E-state index is 13.8. The first kappa shape index (κ1) is 12.1. The number of oxime groups is 1. The molecule has 2 aromatic rings. The lowest BCUT2D eigenvalue weighted by Gasteiger charge is -2.12. The Labute approximate surface area is 103 Å². The number of rotatable bonds is 3. The SMILES string of the molecule is CCc1nccn1-c1cccc(F)c1C(N)=NO. The molecule has 0 atom stereocenters. The molecule has 1 aromatic heterocycles. The number of aryl methyl sites for hydroxylation is 1. The predicted octanol–water partition coefficient (Wildman–Crippen LogP) is 1.67. The first-order valence-electron chi connectivity index (χ1n) is 5.48. The lowest BCUT2D eigenvalue weighted by atomic mass is 10.1. The van der Waals surface area contributed by atoms with E-state index in [2.05, 4.69) is 10.1 Å². The maximum Gasteiger partial charge on any atom is 0.175 e. The molecule has 0 aliphatic heterocycles. The van der Waals surface area contributed by atoms with Crippen LogP contribution in [0.2, 0.25) is 0 Å². The van der Waals surface area contributed by atoms with E-state index in [4.69, 9.17) is 10.9 Å². The molecule has 0 spiro atoms. The Kier molecular flexibility index (Phi) is 3.27. The molecule has 0 aliphatic rings. The second-order valence-corrected chi connectivity index (χ2v) is 3.69. The van der Waals surface area contributed by atoms with Gasteiger partial charge < -0.3 is 15.5 Å². The molecule has 0 saturated carbocycles. The van der Waals surface area contributed by atoms with Crippen LogP contribution in [0.15, 0.2) is 35.7 Å². The number of nitrogens with zero attached hydrogens (tertiary/aromatic N) is 3.